The number of ether oxygens (including phenoxy) is 2. The van der Waals surface area contributed by atoms with Crippen LogP contribution < -0.4 is 10.5 Å². The van der Waals surface area contributed by atoms with Gasteiger partial charge in [0.1, 0.15) is 5.75 Å². The maximum Gasteiger partial charge on any atom is 0.276 e. The molecule has 0 atom stereocenters. The van der Waals surface area contributed by atoms with Crippen molar-refractivity contribution >= 4 is 21.6 Å². The molecule has 18 heavy (non-hydrogen) atoms. The van der Waals surface area contributed by atoms with Gasteiger partial charge in [-0.05, 0) is 52.9 Å². The fourth-order valence-corrected chi connectivity index (χ4v) is 2.75. The van der Waals surface area contributed by atoms with Gasteiger partial charge in [-0.3, -0.25) is 0 Å². The van der Waals surface area contributed by atoms with E-state index in [9.17, 15) is 0 Å². The van der Waals surface area contributed by atoms with Crippen molar-refractivity contribution in [2.75, 3.05) is 12.8 Å². The number of methoxy groups -OCH3 is 1. The van der Waals surface area contributed by atoms with Gasteiger partial charge in [-0.2, -0.15) is 0 Å². The quantitative estimate of drug-likeness (QED) is 0.670. The van der Waals surface area contributed by atoms with Gasteiger partial charge in [-0.25, -0.2) is 0 Å². The van der Waals surface area contributed by atoms with E-state index in [2.05, 4.69) is 28.6 Å². The number of nitrogens with two attached hydrogens (primary N) is 1. The number of hydrogen-bond donors (Lipinski definition) is 1. The van der Waals surface area contributed by atoms with Gasteiger partial charge in [0, 0.05) is 16.2 Å². The van der Waals surface area contributed by atoms with Crippen LogP contribution in [-0.4, -0.2) is 7.11 Å². The molecule has 0 heterocycles. The highest BCUT2D eigenvalue weighted by Gasteiger charge is 2.22. The predicted molar refractivity (Wildman–Crippen MR) is 76.5 cm³/mol. The molecule has 1 aliphatic carbocycles. The molecular formula is C14H18BrNO2. The second kappa shape index (κ2) is 5.65. The first-order valence-electron chi connectivity index (χ1n) is 6.11. The Kier molecular flexibility index (Phi) is 4.17. The minimum atomic E-state index is 0.288. The lowest BCUT2D eigenvalue weighted by molar-refractivity contribution is 0.152. The molecule has 0 saturated heterocycles. The van der Waals surface area contributed by atoms with Crippen molar-refractivity contribution in [1.82, 2.24) is 0 Å². The predicted octanol–water partition coefficient (Wildman–Crippen LogP) is 4.19. The van der Waals surface area contributed by atoms with Gasteiger partial charge in [0.2, 0.25) is 0 Å². The highest BCUT2D eigenvalue weighted by Crippen LogP contribution is 2.42. The van der Waals surface area contributed by atoms with E-state index in [-0.39, 0.29) is 5.95 Å². The van der Waals surface area contributed by atoms with E-state index in [0.717, 1.165) is 10.2 Å². The number of halogens is 1. The molecule has 1 aliphatic rings. The highest BCUT2D eigenvalue weighted by molar-refractivity contribution is 9.10. The summed E-state index contributed by atoms with van der Waals surface area (Å²) in [5.74, 6) is 1.59. The molecule has 1 fully saturated rings. The van der Waals surface area contributed by atoms with E-state index in [1.165, 1.54) is 31.2 Å². The molecule has 0 radical (unpaired) electrons. The molecule has 0 unspecified atom stereocenters. The minimum absolute atomic E-state index is 0.288. The zero-order valence-electron chi connectivity index (χ0n) is 10.5. The molecule has 0 amide bonds. The summed E-state index contributed by atoms with van der Waals surface area (Å²) in [5, 5.41) is 0. The first kappa shape index (κ1) is 13.3. The van der Waals surface area contributed by atoms with Crippen molar-refractivity contribution in [3.63, 3.8) is 0 Å². The normalized spacial score (nSPS) is 15.7. The number of rotatable bonds is 4. The summed E-state index contributed by atoms with van der Waals surface area (Å²) in [4.78, 5) is 0. The molecule has 3 nitrogen and oxygen atoms in total. The molecule has 1 saturated carbocycles. The molecule has 98 valence electrons. The second-order valence-electron chi connectivity index (χ2n) is 4.57. The van der Waals surface area contributed by atoms with Crippen LogP contribution in [0.5, 0.6) is 5.75 Å². The van der Waals surface area contributed by atoms with Crippen molar-refractivity contribution in [3.8, 4) is 5.75 Å². The maximum atomic E-state index is 5.91. The van der Waals surface area contributed by atoms with E-state index in [1.807, 2.05) is 6.07 Å². The topological polar surface area (TPSA) is 44.5 Å². The fourth-order valence-electron chi connectivity index (χ4n) is 2.39. The van der Waals surface area contributed by atoms with Gasteiger partial charge in [0.15, 0.2) is 0 Å². The summed E-state index contributed by atoms with van der Waals surface area (Å²) in [6.07, 6.45) is 4.95. The third kappa shape index (κ3) is 2.80. The summed E-state index contributed by atoms with van der Waals surface area (Å²) < 4.78 is 11.5. The van der Waals surface area contributed by atoms with Gasteiger partial charge >= 0.3 is 0 Å². The van der Waals surface area contributed by atoms with Gasteiger partial charge in [-0.15, -0.1) is 0 Å². The van der Waals surface area contributed by atoms with Crippen molar-refractivity contribution in [2.45, 2.75) is 31.6 Å². The highest BCUT2D eigenvalue weighted by atomic mass is 79.9. The van der Waals surface area contributed by atoms with Crippen LogP contribution in [0.2, 0.25) is 0 Å². The van der Waals surface area contributed by atoms with Crippen LogP contribution in [0.1, 0.15) is 37.2 Å². The molecule has 0 aliphatic heterocycles. The Morgan fingerprint density at radius 2 is 2.06 bits per heavy atom. The largest absolute Gasteiger partial charge is 0.469 e. The zero-order valence-corrected chi connectivity index (χ0v) is 12.1. The standard InChI is InChI=1S/C14H18BrNO2/c1-9(17-2)18-14-8-13(16)12(15)7-11(14)10-5-3-4-6-10/h7-8,10H,1,3-6,16H2,2H3. The van der Waals surface area contributed by atoms with Gasteiger partial charge in [0.25, 0.3) is 5.95 Å². The Morgan fingerprint density at radius 3 is 2.67 bits per heavy atom. The summed E-state index contributed by atoms with van der Waals surface area (Å²) in [7, 11) is 1.54. The third-order valence-corrected chi connectivity index (χ3v) is 4.06. The van der Waals surface area contributed by atoms with Crippen molar-refractivity contribution in [1.29, 1.82) is 0 Å². The molecule has 4 heteroatoms. The van der Waals surface area contributed by atoms with Crippen LogP contribution in [-0.2, 0) is 4.74 Å². The van der Waals surface area contributed by atoms with Gasteiger partial charge in [-0.1, -0.05) is 12.8 Å². The average molecular weight is 312 g/mol. The van der Waals surface area contributed by atoms with E-state index in [1.54, 1.807) is 7.11 Å². The molecule has 2 N–H and O–H groups in total. The minimum Gasteiger partial charge on any atom is -0.469 e. The zero-order chi connectivity index (χ0) is 13.1. The van der Waals surface area contributed by atoms with Crippen molar-refractivity contribution in [2.24, 2.45) is 0 Å². The number of nitrogen functional groups attached to an aromatic ring is 1. The molecule has 0 bridgehead atoms. The van der Waals surface area contributed by atoms with E-state index >= 15 is 0 Å². The van der Waals surface area contributed by atoms with Crippen molar-refractivity contribution in [3.05, 3.63) is 34.7 Å². The number of anilines is 1. The number of hydrogen-bond acceptors (Lipinski definition) is 3. The van der Waals surface area contributed by atoms with Gasteiger partial charge in [0.05, 0.1) is 7.11 Å². The monoisotopic (exact) mass is 311 g/mol. The van der Waals surface area contributed by atoms with Crippen LogP contribution in [0.25, 0.3) is 0 Å². The molecular weight excluding hydrogens is 294 g/mol. The third-order valence-electron chi connectivity index (χ3n) is 3.38. The van der Waals surface area contributed by atoms with Crippen LogP contribution >= 0.6 is 15.9 Å². The Bertz CT molecular complexity index is 453. The number of benzene rings is 1. The summed E-state index contributed by atoms with van der Waals surface area (Å²) in [5.41, 5.74) is 7.76. The molecule has 1 aromatic rings. The van der Waals surface area contributed by atoms with Gasteiger partial charge < -0.3 is 15.2 Å². The maximum absolute atomic E-state index is 5.91. The Balaban J connectivity index is 2.34. The molecule has 2 rings (SSSR count). The summed E-state index contributed by atoms with van der Waals surface area (Å²) in [6, 6.07) is 3.89. The smallest absolute Gasteiger partial charge is 0.276 e. The molecule has 1 aromatic carbocycles. The SMILES string of the molecule is C=C(OC)Oc1cc(N)c(Br)cc1C1CCCC1. The summed E-state index contributed by atoms with van der Waals surface area (Å²) in [6.45, 7) is 3.69. The Morgan fingerprint density at radius 1 is 1.39 bits per heavy atom. The Hall–Kier alpha value is -1.16. The molecule has 0 spiro atoms. The van der Waals surface area contributed by atoms with Crippen LogP contribution in [0.3, 0.4) is 0 Å². The van der Waals surface area contributed by atoms with E-state index < -0.39 is 0 Å². The lowest BCUT2D eigenvalue weighted by Gasteiger charge is -2.17. The fraction of sp³-hybridized carbons (Fsp3) is 0.429. The lowest BCUT2D eigenvalue weighted by Crippen LogP contribution is -2.03. The summed E-state index contributed by atoms with van der Waals surface area (Å²) >= 11 is 3.48. The average Bonchev–Trinajstić information content (AvgIpc) is 2.87. The Labute approximate surface area is 116 Å². The first-order chi connectivity index (χ1) is 8.61. The first-order valence-corrected chi connectivity index (χ1v) is 6.90. The van der Waals surface area contributed by atoms with Crippen molar-refractivity contribution < 1.29 is 9.47 Å². The van der Waals surface area contributed by atoms with E-state index in [4.69, 9.17) is 15.2 Å². The van der Waals surface area contributed by atoms with Crippen LogP contribution in [0.15, 0.2) is 29.1 Å². The lowest BCUT2D eigenvalue weighted by atomic mass is 9.96. The van der Waals surface area contributed by atoms with E-state index in [0.29, 0.717) is 11.6 Å². The second-order valence-corrected chi connectivity index (χ2v) is 5.43. The van der Waals surface area contributed by atoms with Crippen LogP contribution in [0.4, 0.5) is 5.69 Å². The molecule has 0 aromatic heterocycles. The van der Waals surface area contributed by atoms with Crippen LogP contribution in [0, 0.1) is 0 Å².